The predicted octanol–water partition coefficient (Wildman–Crippen LogP) is 2.37. The Morgan fingerprint density at radius 1 is 1.29 bits per heavy atom. The molecule has 0 amide bonds. The van der Waals surface area contributed by atoms with Gasteiger partial charge in [-0.25, -0.2) is 9.97 Å². The fraction of sp³-hybridized carbons (Fsp3) is 0.333. The van der Waals surface area contributed by atoms with Gasteiger partial charge in [-0.05, 0) is 12.0 Å². The van der Waals surface area contributed by atoms with Crippen LogP contribution in [-0.2, 0) is 6.54 Å². The van der Waals surface area contributed by atoms with Gasteiger partial charge in [-0.2, -0.15) is 0 Å². The number of hydrogen-bond donors (Lipinski definition) is 1. The van der Waals surface area contributed by atoms with Crippen molar-refractivity contribution in [2.45, 2.75) is 19.1 Å². The first kappa shape index (κ1) is 14.1. The molecule has 1 atom stereocenters. The predicted molar refractivity (Wildman–Crippen MR) is 82.2 cm³/mol. The zero-order valence-corrected chi connectivity index (χ0v) is 12.3. The average molecular weight is 305 g/mol. The van der Waals surface area contributed by atoms with Crippen molar-refractivity contribution in [1.29, 1.82) is 0 Å². The number of nitrogens with two attached hydrogens (primary N) is 1. The molecule has 110 valence electrons. The molecule has 2 N–H and O–H groups in total. The van der Waals surface area contributed by atoms with Crippen molar-refractivity contribution in [3.8, 4) is 5.88 Å². The van der Waals surface area contributed by atoms with Crippen LogP contribution in [0.1, 0.15) is 12.0 Å². The molecule has 5 nitrogen and oxygen atoms in total. The fourth-order valence-corrected chi connectivity index (χ4v) is 2.63. The molecule has 0 aliphatic carbocycles. The molecular formula is C15H17ClN4O. The van der Waals surface area contributed by atoms with Gasteiger partial charge in [-0.15, -0.1) is 0 Å². The van der Waals surface area contributed by atoms with Crippen LogP contribution in [0.4, 0.5) is 5.82 Å². The maximum Gasteiger partial charge on any atom is 0.238 e. The van der Waals surface area contributed by atoms with E-state index >= 15 is 0 Å². The molecule has 21 heavy (non-hydrogen) atoms. The van der Waals surface area contributed by atoms with Gasteiger partial charge < -0.3 is 10.5 Å². The normalized spacial score (nSPS) is 18.8. The lowest BCUT2D eigenvalue weighted by Crippen LogP contribution is -2.25. The highest BCUT2D eigenvalue weighted by Gasteiger charge is 2.25. The van der Waals surface area contributed by atoms with Crippen LogP contribution in [0, 0.1) is 0 Å². The maximum atomic E-state index is 6.05. The van der Waals surface area contributed by atoms with E-state index in [-0.39, 0.29) is 11.9 Å². The van der Waals surface area contributed by atoms with Crippen LogP contribution >= 0.6 is 11.6 Å². The fourth-order valence-electron chi connectivity index (χ4n) is 2.48. The zero-order valence-electron chi connectivity index (χ0n) is 11.6. The first-order chi connectivity index (χ1) is 10.2. The third-order valence-corrected chi connectivity index (χ3v) is 3.90. The zero-order chi connectivity index (χ0) is 14.7. The summed E-state index contributed by atoms with van der Waals surface area (Å²) in [6, 6.07) is 10.4. The molecule has 1 saturated heterocycles. The third kappa shape index (κ3) is 3.43. The summed E-state index contributed by atoms with van der Waals surface area (Å²) in [4.78, 5) is 10.2. The van der Waals surface area contributed by atoms with E-state index < -0.39 is 0 Å². The second kappa shape index (κ2) is 6.28. The maximum absolute atomic E-state index is 6.05. The molecule has 1 fully saturated rings. The Bertz CT molecular complexity index is 608. The number of benzene rings is 1. The van der Waals surface area contributed by atoms with Gasteiger partial charge in [0.2, 0.25) is 5.88 Å². The van der Waals surface area contributed by atoms with Gasteiger partial charge in [0, 0.05) is 19.6 Å². The minimum absolute atomic E-state index is 0.0838. The third-order valence-electron chi connectivity index (χ3n) is 3.54. The Morgan fingerprint density at radius 3 is 2.90 bits per heavy atom. The highest BCUT2D eigenvalue weighted by Crippen LogP contribution is 2.28. The summed E-state index contributed by atoms with van der Waals surface area (Å²) in [7, 11) is 0. The molecule has 0 spiro atoms. The van der Waals surface area contributed by atoms with Gasteiger partial charge in [0.05, 0.1) is 0 Å². The number of likely N-dealkylation sites (tertiary alicyclic amines) is 1. The number of nitrogens with zero attached hydrogens (tertiary/aromatic N) is 3. The summed E-state index contributed by atoms with van der Waals surface area (Å²) in [6.07, 6.45) is 2.40. The number of anilines is 1. The van der Waals surface area contributed by atoms with Gasteiger partial charge in [-0.1, -0.05) is 41.9 Å². The average Bonchev–Trinajstić information content (AvgIpc) is 2.92. The summed E-state index contributed by atoms with van der Waals surface area (Å²) >= 11 is 6.05. The minimum atomic E-state index is 0.0838. The van der Waals surface area contributed by atoms with Gasteiger partial charge >= 0.3 is 0 Å². The Balaban J connectivity index is 1.59. The summed E-state index contributed by atoms with van der Waals surface area (Å²) in [5, 5.41) is 0.291. The Hall–Kier alpha value is -1.85. The smallest absolute Gasteiger partial charge is 0.238 e. The molecule has 0 radical (unpaired) electrons. The van der Waals surface area contributed by atoms with Crippen molar-refractivity contribution in [2.24, 2.45) is 0 Å². The second-order valence-corrected chi connectivity index (χ2v) is 5.51. The summed E-state index contributed by atoms with van der Waals surface area (Å²) in [5.41, 5.74) is 6.96. The number of rotatable bonds is 4. The lowest BCUT2D eigenvalue weighted by molar-refractivity contribution is 0.191. The lowest BCUT2D eigenvalue weighted by Gasteiger charge is -2.17. The molecule has 1 aromatic heterocycles. The van der Waals surface area contributed by atoms with Crippen molar-refractivity contribution in [1.82, 2.24) is 14.9 Å². The van der Waals surface area contributed by atoms with Gasteiger partial charge in [0.15, 0.2) is 0 Å². The Kier molecular flexibility index (Phi) is 4.22. The van der Waals surface area contributed by atoms with Crippen LogP contribution in [0.5, 0.6) is 5.88 Å². The van der Waals surface area contributed by atoms with Gasteiger partial charge in [-0.3, -0.25) is 4.90 Å². The standard InChI is InChI=1S/C15H17ClN4O/c16-13-14(17)18-10-19-15(13)21-12-6-7-20(9-12)8-11-4-2-1-3-5-11/h1-5,10,12H,6-9H2,(H2,17,18,19). The molecule has 0 saturated carbocycles. The van der Waals surface area contributed by atoms with E-state index in [0.717, 1.165) is 26.1 Å². The summed E-state index contributed by atoms with van der Waals surface area (Å²) in [6.45, 7) is 2.78. The van der Waals surface area contributed by atoms with Crippen LogP contribution in [0.25, 0.3) is 0 Å². The van der Waals surface area contributed by atoms with E-state index in [1.807, 2.05) is 6.07 Å². The SMILES string of the molecule is Nc1ncnc(OC2CCN(Cc3ccccc3)C2)c1Cl. The van der Waals surface area contributed by atoms with E-state index in [9.17, 15) is 0 Å². The quantitative estimate of drug-likeness (QED) is 0.939. The van der Waals surface area contributed by atoms with E-state index in [0.29, 0.717) is 10.9 Å². The van der Waals surface area contributed by atoms with E-state index in [1.165, 1.54) is 11.9 Å². The van der Waals surface area contributed by atoms with E-state index in [4.69, 9.17) is 22.1 Å². The van der Waals surface area contributed by atoms with E-state index in [2.05, 4.69) is 39.1 Å². The number of halogens is 1. The van der Waals surface area contributed by atoms with Crippen LogP contribution in [0.2, 0.25) is 5.02 Å². The molecule has 1 aliphatic rings. The topological polar surface area (TPSA) is 64.3 Å². The second-order valence-electron chi connectivity index (χ2n) is 5.13. The molecule has 1 unspecified atom stereocenters. The highest BCUT2D eigenvalue weighted by molar-refractivity contribution is 6.33. The molecule has 1 aromatic carbocycles. The largest absolute Gasteiger partial charge is 0.472 e. The molecule has 2 aromatic rings. The number of nitrogen functional groups attached to an aromatic ring is 1. The molecule has 3 rings (SSSR count). The van der Waals surface area contributed by atoms with E-state index in [1.54, 1.807) is 0 Å². The summed E-state index contributed by atoms with van der Waals surface area (Å²) < 4.78 is 5.85. The van der Waals surface area contributed by atoms with Gasteiger partial charge in [0.1, 0.15) is 23.3 Å². The van der Waals surface area contributed by atoms with Crippen molar-refractivity contribution >= 4 is 17.4 Å². The number of hydrogen-bond acceptors (Lipinski definition) is 5. The molecule has 0 bridgehead atoms. The van der Waals surface area contributed by atoms with Crippen LogP contribution in [-0.4, -0.2) is 34.1 Å². The first-order valence-corrected chi connectivity index (χ1v) is 7.29. The monoisotopic (exact) mass is 304 g/mol. The van der Waals surface area contributed by atoms with Crippen LogP contribution in [0.15, 0.2) is 36.7 Å². The van der Waals surface area contributed by atoms with Crippen molar-refractivity contribution in [3.05, 3.63) is 47.2 Å². The Morgan fingerprint density at radius 2 is 2.10 bits per heavy atom. The van der Waals surface area contributed by atoms with Crippen LogP contribution < -0.4 is 10.5 Å². The molecule has 2 heterocycles. The summed E-state index contributed by atoms with van der Waals surface area (Å²) in [5.74, 6) is 0.622. The number of aromatic nitrogens is 2. The number of ether oxygens (including phenoxy) is 1. The molecule has 1 aliphatic heterocycles. The van der Waals surface area contributed by atoms with Crippen LogP contribution in [0.3, 0.4) is 0 Å². The minimum Gasteiger partial charge on any atom is -0.472 e. The first-order valence-electron chi connectivity index (χ1n) is 6.91. The van der Waals surface area contributed by atoms with Crippen molar-refractivity contribution in [3.63, 3.8) is 0 Å². The lowest BCUT2D eigenvalue weighted by atomic mass is 10.2. The van der Waals surface area contributed by atoms with Crippen molar-refractivity contribution < 1.29 is 4.74 Å². The Labute approximate surface area is 128 Å². The van der Waals surface area contributed by atoms with Gasteiger partial charge in [0.25, 0.3) is 0 Å². The molecular weight excluding hydrogens is 288 g/mol. The highest BCUT2D eigenvalue weighted by atomic mass is 35.5. The van der Waals surface area contributed by atoms with Crippen molar-refractivity contribution in [2.75, 3.05) is 18.8 Å². The molecule has 6 heteroatoms.